The Morgan fingerprint density at radius 1 is 0.875 bits per heavy atom. The minimum absolute atomic E-state index is 0.834. The van der Waals surface area contributed by atoms with E-state index in [1.54, 1.807) is 5.56 Å². The predicted molar refractivity (Wildman–Crippen MR) is 71.0 cm³/mol. The Hall–Kier alpha value is -0.780. The molecule has 1 aromatic rings. The van der Waals surface area contributed by atoms with Gasteiger partial charge in [-0.2, -0.15) is 0 Å². The fourth-order valence-electron chi connectivity index (χ4n) is 3.05. The van der Waals surface area contributed by atoms with E-state index in [0.29, 0.717) is 0 Å². The average molecular weight is 216 g/mol. The summed E-state index contributed by atoms with van der Waals surface area (Å²) in [7, 11) is 0. The summed E-state index contributed by atoms with van der Waals surface area (Å²) in [5.74, 6) is 0.834. The Morgan fingerprint density at radius 2 is 1.50 bits per heavy atom. The van der Waals surface area contributed by atoms with Gasteiger partial charge in [-0.25, -0.2) is 0 Å². The van der Waals surface area contributed by atoms with Gasteiger partial charge in [-0.1, -0.05) is 55.9 Å². The van der Waals surface area contributed by atoms with Gasteiger partial charge in [0.05, 0.1) is 0 Å². The van der Waals surface area contributed by atoms with Crippen LogP contribution < -0.4 is 0 Å². The topological polar surface area (TPSA) is 0 Å². The van der Waals surface area contributed by atoms with E-state index in [4.69, 9.17) is 0 Å². The molecule has 0 amide bonds. The molecule has 0 unspecified atom stereocenters. The molecule has 88 valence electrons. The third-order valence-electron chi connectivity index (χ3n) is 3.97. The zero-order valence-electron chi connectivity index (χ0n) is 10.8. The number of benzene rings is 1. The van der Waals surface area contributed by atoms with E-state index in [2.05, 4.69) is 32.0 Å². The van der Waals surface area contributed by atoms with Gasteiger partial charge in [0.1, 0.15) is 0 Å². The van der Waals surface area contributed by atoms with Crippen LogP contribution in [0.25, 0.3) is 0 Å². The molecule has 1 aromatic carbocycles. The van der Waals surface area contributed by atoms with Crippen molar-refractivity contribution < 1.29 is 0 Å². The average Bonchev–Trinajstić information content (AvgIpc) is 2.19. The second kappa shape index (κ2) is 5.52. The second-order valence-electron chi connectivity index (χ2n) is 5.40. The molecule has 0 radical (unpaired) electrons. The molecule has 1 aliphatic carbocycles. The van der Waals surface area contributed by atoms with Crippen LogP contribution in [0.2, 0.25) is 0 Å². The minimum Gasteiger partial charge on any atom is -0.0590 e. The number of hydrogen-bond donors (Lipinski definition) is 0. The summed E-state index contributed by atoms with van der Waals surface area (Å²) in [6.07, 6.45) is 10.0. The second-order valence-corrected chi connectivity index (χ2v) is 5.40. The highest BCUT2D eigenvalue weighted by molar-refractivity contribution is 5.33. The molecule has 0 aliphatic heterocycles. The van der Waals surface area contributed by atoms with Crippen LogP contribution in [0.15, 0.2) is 18.2 Å². The van der Waals surface area contributed by atoms with E-state index in [-0.39, 0.29) is 0 Å². The molecule has 0 nitrogen and oxygen atoms in total. The highest BCUT2D eigenvalue weighted by Gasteiger charge is 2.15. The molecule has 0 heteroatoms. The predicted octanol–water partition coefficient (Wildman–Crippen LogP) is 5.13. The quantitative estimate of drug-likeness (QED) is 0.610. The Balaban J connectivity index is 2.14. The summed E-state index contributed by atoms with van der Waals surface area (Å²) in [6.45, 7) is 4.47. The summed E-state index contributed by atoms with van der Waals surface area (Å²) < 4.78 is 0. The van der Waals surface area contributed by atoms with Gasteiger partial charge in [-0.15, -0.1) is 0 Å². The van der Waals surface area contributed by atoms with Crippen molar-refractivity contribution in [2.45, 2.75) is 64.7 Å². The lowest BCUT2D eigenvalue weighted by molar-refractivity contribution is 0.454. The van der Waals surface area contributed by atoms with Crippen molar-refractivity contribution in [3.63, 3.8) is 0 Å². The van der Waals surface area contributed by atoms with Crippen LogP contribution in [0.1, 0.15) is 67.6 Å². The van der Waals surface area contributed by atoms with Crippen molar-refractivity contribution in [2.75, 3.05) is 0 Å². The summed E-state index contributed by atoms with van der Waals surface area (Å²) in [6, 6.07) is 6.99. The maximum absolute atomic E-state index is 2.37. The smallest absolute Gasteiger partial charge is 0.0159 e. The molecule has 1 aliphatic rings. The summed E-state index contributed by atoms with van der Waals surface area (Å²) in [5, 5.41) is 0. The van der Waals surface area contributed by atoms with E-state index in [0.717, 1.165) is 5.92 Å². The van der Waals surface area contributed by atoms with E-state index in [1.165, 1.54) is 56.1 Å². The Kier molecular flexibility index (Phi) is 4.04. The van der Waals surface area contributed by atoms with Crippen LogP contribution in [0.5, 0.6) is 0 Å². The van der Waals surface area contributed by atoms with Crippen molar-refractivity contribution in [3.8, 4) is 0 Å². The van der Waals surface area contributed by atoms with Crippen LogP contribution >= 0.6 is 0 Å². The maximum atomic E-state index is 2.37. The summed E-state index contributed by atoms with van der Waals surface area (Å²) in [5.41, 5.74) is 4.52. The first-order valence-corrected chi connectivity index (χ1v) is 6.84. The van der Waals surface area contributed by atoms with E-state index >= 15 is 0 Å². The Bertz CT molecular complexity index is 330. The van der Waals surface area contributed by atoms with Gasteiger partial charge < -0.3 is 0 Å². The summed E-state index contributed by atoms with van der Waals surface area (Å²) >= 11 is 0. The van der Waals surface area contributed by atoms with Gasteiger partial charge in [0.15, 0.2) is 0 Å². The first kappa shape index (κ1) is 11.7. The van der Waals surface area contributed by atoms with Gasteiger partial charge in [0, 0.05) is 0 Å². The third kappa shape index (κ3) is 2.87. The fraction of sp³-hybridized carbons (Fsp3) is 0.625. The molecule has 0 atom stereocenters. The number of hydrogen-bond acceptors (Lipinski definition) is 0. The third-order valence-corrected chi connectivity index (χ3v) is 3.97. The van der Waals surface area contributed by atoms with Crippen LogP contribution in [0.3, 0.4) is 0 Å². The molecule has 0 spiro atoms. The van der Waals surface area contributed by atoms with Crippen molar-refractivity contribution in [3.05, 3.63) is 34.9 Å². The fourth-order valence-corrected chi connectivity index (χ4v) is 3.05. The number of aryl methyl sites for hydroxylation is 2. The highest BCUT2D eigenvalue weighted by atomic mass is 14.2. The van der Waals surface area contributed by atoms with Crippen molar-refractivity contribution in [1.29, 1.82) is 0 Å². The molecular weight excluding hydrogens is 192 g/mol. The molecule has 0 aromatic heterocycles. The lowest BCUT2D eigenvalue weighted by Crippen LogP contribution is -2.04. The number of rotatable bonds is 1. The van der Waals surface area contributed by atoms with Gasteiger partial charge >= 0.3 is 0 Å². The summed E-state index contributed by atoms with van der Waals surface area (Å²) in [4.78, 5) is 0. The van der Waals surface area contributed by atoms with Gasteiger partial charge in [-0.05, 0) is 43.7 Å². The molecule has 0 N–H and O–H groups in total. The lowest BCUT2D eigenvalue weighted by Gasteiger charge is -2.22. The van der Waals surface area contributed by atoms with Crippen LogP contribution in [-0.2, 0) is 0 Å². The van der Waals surface area contributed by atoms with Crippen LogP contribution in [-0.4, -0.2) is 0 Å². The zero-order valence-corrected chi connectivity index (χ0v) is 10.8. The Morgan fingerprint density at radius 3 is 2.12 bits per heavy atom. The standard InChI is InChI=1S/C16H24/c1-13-10-11-16(14(2)12-13)15-8-6-4-3-5-7-9-15/h10-12,15H,3-9H2,1-2H3. The lowest BCUT2D eigenvalue weighted by atomic mass is 9.84. The zero-order chi connectivity index (χ0) is 11.4. The van der Waals surface area contributed by atoms with Gasteiger partial charge in [0.2, 0.25) is 0 Å². The first-order valence-electron chi connectivity index (χ1n) is 6.84. The van der Waals surface area contributed by atoms with Crippen molar-refractivity contribution >= 4 is 0 Å². The molecule has 1 fully saturated rings. The van der Waals surface area contributed by atoms with Crippen LogP contribution in [0.4, 0.5) is 0 Å². The van der Waals surface area contributed by atoms with Gasteiger partial charge in [-0.3, -0.25) is 0 Å². The first-order chi connectivity index (χ1) is 7.77. The molecule has 0 saturated heterocycles. The minimum atomic E-state index is 0.834. The largest absolute Gasteiger partial charge is 0.0590 e. The maximum Gasteiger partial charge on any atom is -0.0159 e. The van der Waals surface area contributed by atoms with E-state index in [9.17, 15) is 0 Å². The van der Waals surface area contributed by atoms with E-state index in [1.807, 2.05) is 0 Å². The molecule has 16 heavy (non-hydrogen) atoms. The monoisotopic (exact) mass is 216 g/mol. The highest BCUT2D eigenvalue weighted by Crippen LogP contribution is 2.32. The SMILES string of the molecule is Cc1ccc(C2CCCCCCC2)c(C)c1. The van der Waals surface area contributed by atoms with E-state index < -0.39 is 0 Å². The molecule has 0 bridgehead atoms. The molecule has 1 saturated carbocycles. The molecule has 0 heterocycles. The van der Waals surface area contributed by atoms with Crippen LogP contribution in [0, 0.1) is 13.8 Å². The molecular formula is C16H24. The van der Waals surface area contributed by atoms with Crippen molar-refractivity contribution in [1.82, 2.24) is 0 Å². The van der Waals surface area contributed by atoms with Crippen molar-refractivity contribution in [2.24, 2.45) is 0 Å². The van der Waals surface area contributed by atoms with Gasteiger partial charge in [0.25, 0.3) is 0 Å². The molecule has 2 rings (SSSR count). The normalized spacial score (nSPS) is 19.1. The Labute approximate surface area is 100 Å².